The lowest BCUT2D eigenvalue weighted by atomic mass is 10.1. The second-order valence-corrected chi connectivity index (χ2v) is 6.66. The molecule has 0 saturated carbocycles. The predicted octanol–water partition coefficient (Wildman–Crippen LogP) is 3.97. The van der Waals surface area contributed by atoms with E-state index in [1.807, 2.05) is 17.0 Å². The molecule has 0 bridgehead atoms. The largest absolute Gasteiger partial charge is 0.417 e. The van der Waals surface area contributed by atoms with Crippen LogP contribution in [0.25, 0.3) is 10.9 Å². The van der Waals surface area contributed by atoms with E-state index in [2.05, 4.69) is 33.1 Å². The van der Waals surface area contributed by atoms with Gasteiger partial charge in [-0.15, -0.1) is 0 Å². The smallest absolute Gasteiger partial charge is 0.354 e. The highest BCUT2D eigenvalue weighted by Gasteiger charge is 2.31. The molecule has 0 spiro atoms. The minimum Gasteiger partial charge on any atom is -0.354 e. The Labute approximate surface area is 155 Å². The fraction of sp³-hybridized carbons (Fsp3) is 0.300. The van der Waals surface area contributed by atoms with Crippen molar-refractivity contribution in [2.24, 2.45) is 0 Å². The second kappa shape index (κ2) is 7.15. The third-order valence-corrected chi connectivity index (χ3v) is 4.88. The van der Waals surface area contributed by atoms with Crippen LogP contribution in [-0.2, 0) is 12.7 Å². The summed E-state index contributed by atoms with van der Waals surface area (Å²) in [6.07, 6.45) is -1.64. The van der Waals surface area contributed by atoms with Crippen molar-refractivity contribution in [2.75, 3.05) is 31.1 Å². The van der Waals surface area contributed by atoms with Gasteiger partial charge in [0.1, 0.15) is 5.82 Å². The van der Waals surface area contributed by atoms with Gasteiger partial charge in [-0.3, -0.25) is 9.88 Å². The number of anilines is 1. The van der Waals surface area contributed by atoms with Crippen LogP contribution in [-0.4, -0.2) is 41.0 Å². The molecule has 1 fully saturated rings. The first kappa shape index (κ1) is 17.7. The summed E-state index contributed by atoms with van der Waals surface area (Å²) in [6.45, 7) is 3.92. The van der Waals surface area contributed by atoms with Crippen molar-refractivity contribution in [3.05, 3.63) is 66.0 Å². The highest BCUT2D eigenvalue weighted by molar-refractivity contribution is 5.81. The average molecular weight is 372 g/mol. The number of nitrogens with zero attached hydrogens (tertiary/aromatic N) is 4. The lowest BCUT2D eigenvalue weighted by Crippen LogP contribution is -2.46. The molecule has 0 amide bonds. The van der Waals surface area contributed by atoms with E-state index < -0.39 is 11.7 Å². The quantitative estimate of drug-likeness (QED) is 0.696. The Morgan fingerprint density at radius 3 is 2.37 bits per heavy atom. The van der Waals surface area contributed by atoms with Crippen LogP contribution < -0.4 is 4.90 Å². The molecule has 27 heavy (non-hydrogen) atoms. The van der Waals surface area contributed by atoms with Crippen LogP contribution in [0.1, 0.15) is 11.1 Å². The van der Waals surface area contributed by atoms with Gasteiger partial charge >= 0.3 is 6.18 Å². The minimum absolute atomic E-state index is 0.592. The van der Waals surface area contributed by atoms with E-state index in [9.17, 15) is 13.2 Å². The van der Waals surface area contributed by atoms with Gasteiger partial charge in [0.05, 0.1) is 11.1 Å². The van der Waals surface area contributed by atoms with Crippen molar-refractivity contribution in [1.82, 2.24) is 14.9 Å². The zero-order chi connectivity index (χ0) is 18.9. The molecule has 1 aliphatic heterocycles. The number of alkyl halides is 3. The molecule has 0 N–H and O–H groups in total. The van der Waals surface area contributed by atoms with Gasteiger partial charge in [0, 0.05) is 50.5 Å². The minimum atomic E-state index is -4.35. The van der Waals surface area contributed by atoms with Crippen molar-refractivity contribution in [2.45, 2.75) is 12.7 Å². The van der Waals surface area contributed by atoms with Crippen LogP contribution in [0.4, 0.5) is 19.0 Å². The van der Waals surface area contributed by atoms with Crippen molar-refractivity contribution >= 4 is 16.7 Å². The zero-order valence-electron chi connectivity index (χ0n) is 14.7. The number of para-hydroxylation sites is 1. The second-order valence-electron chi connectivity index (χ2n) is 6.66. The summed E-state index contributed by atoms with van der Waals surface area (Å²) in [5.74, 6) is 0.592. The van der Waals surface area contributed by atoms with Crippen LogP contribution >= 0.6 is 0 Å². The Balaban J connectivity index is 1.40. The third-order valence-electron chi connectivity index (χ3n) is 4.88. The number of hydrogen-bond acceptors (Lipinski definition) is 4. The summed E-state index contributed by atoms with van der Waals surface area (Å²) in [4.78, 5) is 12.9. The summed E-state index contributed by atoms with van der Waals surface area (Å²) in [7, 11) is 0. The van der Waals surface area contributed by atoms with E-state index >= 15 is 0 Å². The molecule has 7 heteroatoms. The molecule has 4 rings (SSSR count). The SMILES string of the molecule is FC(F)(F)c1ccc(N2CCN(Cc3cccc4cccnc34)CC2)nc1. The van der Waals surface area contributed by atoms with Crippen molar-refractivity contribution < 1.29 is 13.2 Å². The standard InChI is InChI=1S/C20H19F3N4/c21-20(22,23)17-6-7-18(25-13-17)27-11-9-26(10-12-27)14-16-4-1-3-15-5-2-8-24-19(15)16/h1-8,13H,9-12,14H2. The number of pyridine rings is 2. The monoisotopic (exact) mass is 372 g/mol. The highest BCUT2D eigenvalue weighted by Crippen LogP contribution is 2.29. The lowest BCUT2D eigenvalue weighted by molar-refractivity contribution is -0.137. The summed E-state index contributed by atoms with van der Waals surface area (Å²) < 4.78 is 38.0. The van der Waals surface area contributed by atoms with Gasteiger partial charge in [0.2, 0.25) is 0 Å². The molecule has 3 heterocycles. The number of halogens is 3. The van der Waals surface area contributed by atoms with E-state index in [0.717, 1.165) is 55.9 Å². The maximum Gasteiger partial charge on any atom is 0.417 e. The lowest BCUT2D eigenvalue weighted by Gasteiger charge is -2.35. The highest BCUT2D eigenvalue weighted by atomic mass is 19.4. The zero-order valence-corrected chi connectivity index (χ0v) is 14.7. The molecule has 2 aromatic heterocycles. The summed E-state index contributed by atoms with van der Waals surface area (Å²) in [6, 6.07) is 12.7. The number of piperazine rings is 1. The van der Waals surface area contributed by atoms with Gasteiger partial charge in [-0.05, 0) is 23.8 Å². The maximum absolute atomic E-state index is 12.7. The van der Waals surface area contributed by atoms with Crippen LogP contribution in [0, 0.1) is 0 Å². The molecule has 1 saturated heterocycles. The predicted molar refractivity (Wildman–Crippen MR) is 98.5 cm³/mol. The third kappa shape index (κ3) is 3.88. The Morgan fingerprint density at radius 2 is 1.67 bits per heavy atom. The number of fused-ring (bicyclic) bond motifs is 1. The fourth-order valence-corrected chi connectivity index (χ4v) is 3.41. The Hall–Kier alpha value is -2.67. The Kier molecular flexibility index (Phi) is 4.70. The van der Waals surface area contributed by atoms with E-state index in [1.54, 1.807) is 6.20 Å². The summed E-state index contributed by atoms with van der Waals surface area (Å²) >= 11 is 0. The van der Waals surface area contributed by atoms with E-state index in [1.165, 1.54) is 11.6 Å². The first-order valence-corrected chi connectivity index (χ1v) is 8.84. The van der Waals surface area contributed by atoms with E-state index in [-0.39, 0.29) is 0 Å². The molecule has 140 valence electrons. The van der Waals surface area contributed by atoms with Gasteiger partial charge < -0.3 is 4.90 Å². The Morgan fingerprint density at radius 1 is 0.889 bits per heavy atom. The number of aromatic nitrogens is 2. The van der Waals surface area contributed by atoms with Crippen LogP contribution in [0.3, 0.4) is 0 Å². The molecule has 0 atom stereocenters. The molecule has 1 aromatic carbocycles. The van der Waals surface area contributed by atoms with Gasteiger partial charge in [0.25, 0.3) is 0 Å². The topological polar surface area (TPSA) is 32.3 Å². The molecule has 1 aliphatic rings. The summed E-state index contributed by atoms with van der Waals surface area (Å²) in [5, 5.41) is 1.13. The van der Waals surface area contributed by atoms with Gasteiger partial charge in [-0.1, -0.05) is 24.3 Å². The van der Waals surface area contributed by atoms with Crippen molar-refractivity contribution in [3.63, 3.8) is 0 Å². The normalized spacial score (nSPS) is 16.0. The number of benzene rings is 1. The molecular weight excluding hydrogens is 353 g/mol. The molecule has 4 nitrogen and oxygen atoms in total. The first-order valence-electron chi connectivity index (χ1n) is 8.84. The van der Waals surface area contributed by atoms with Crippen molar-refractivity contribution in [3.8, 4) is 0 Å². The van der Waals surface area contributed by atoms with Crippen molar-refractivity contribution in [1.29, 1.82) is 0 Å². The molecular formula is C20H19F3N4. The van der Waals surface area contributed by atoms with Crippen LogP contribution in [0.2, 0.25) is 0 Å². The molecule has 0 radical (unpaired) electrons. The Bertz CT molecular complexity index is 911. The van der Waals surface area contributed by atoms with Gasteiger partial charge in [-0.2, -0.15) is 13.2 Å². The molecule has 3 aromatic rings. The number of hydrogen-bond donors (Lipinski definition) is 0. The van der Waals surface area contributed by atoms with Gasteiger partial charge in [-0.25, -0.2) is 4.98 Å². The fourth-order valence-electron chi connectivity index (χ4n) is 3.41. The number of rotatable bonds is 3. The first-order chi connectivity index (χ1) is 13.0. The van der Waals surface area contributed by atoms with Crippen LogP contribution in [0.5, 0.6) is 0 Å². The van der Waals surface area contributed by atoms with E-state index in [0.29, 0.717) is 5.82 Å². The summed E-state index contributed by atoms with van der Waals surface area (Å²) in [5.41, 5.74) is 1.49. The molecule has 0 unspecified atom stereocenters. The van der Waals surface area contributed by atoms with Crippen LogP contribution in [0.15, 0.2) is 54.9 Å². The van der Waals surface area contributed by atoms with E-state index in [4.69, 9.17) is 0 Å². The molecule has 0 aliphatic carbocycles. The maximum atomic E-state index is 12.7. The van der Waals surface area contributed by atoms with Gasteiger partial charge in [0.15, 0.2) is 0 Å². The average Bonchev–Trinajstić information content (AvgIpc) is 2.68.